The monoisotopic (exact) mass is 324 g/mol. The minimum atomic E-state index is 0.0375. The smallest absolute Gasteiger partial charge is 0.251 e. The Balaban J connectivity index is 1.85. The molecule has 1 heterocycles. The van der Waals surface area contributed by atoms with Gasteiger partial charge in [-0.05, 0) is 51.0 Å². The summed E-state index contributed by atoms with van der Waals surface area (Å²) in [6.07, 6.45) is 2.08. The van der Waals surface area contributed by atoms with Crippen LogP contribution in [0.1, 0.15) is 37.0 Å². The number of rotatable bonds is 3. The summed E-state index contributed by atoms with van der Waals surface area (Å²) in [5, 5.41) is 3.13. The lowest BCUT2D eigenvalue weighted by molar-refractivity contribution is 0.0900. The summed E-state index contributed by atoms with van der Waals surface area (Å²) in [5.41, 5.74) is 0.731. The van der Waals surface area contributed by atoms with Crippen LogP contribution in [0, 0.1) is 0 Å². The van der Waals surface area contributed by atoms with Crippen LogP contribution < -0.4 is 5.32 Å². The minimum absolute atomic E-state index is 0.0375. The van der Waals surface area contributed by atoms with E-state index in [1.165, 1.54) is 0 Å². The van der Waals surface area contributed by atoms with E-state index < -0.39 is 0 Å². The molecule has 0 atom stereocenters. The molecule has 2 rings (SSSR count). The number of carbonyl (C=O) groups excluding carboxylic acids is 1. The van der Waals surface area contributed by atoms with Gasteiger partial charge in [-0.15, -0.1) is 0 Å². The second-order valence-corrected chi connectivity index (χ2v) is 6.30. The zero-order valence-corrected chi connectivity index (χ0v) is 13.1. The van der Waals surface area contributed by atoms with Crippen molar-refractivity contribution < 1.29 is 4.79 Å². The Morgan fingerprint density at radius 1 is 1.26 bits per heavy atom. The number of amides is 1. The fourth-order valence-corrected chi connectivity index (χ4v) is 2.69. The van der Waals surface area contributed by atoms with Gasteiger partial charge in [0, 0.05) is 35.2 Å². The van der Waals surface area contributed by atoms with Gasteiger partial charge in [0.1, 0.15) is 0 Å². The van der Waals surface area contributed by atoms with Gasteiger partial charge in [0.25, 0.3) is 5.91 Å². The Labute approximate surface area is 123 Å². The summed E-state index contributed by atoms with van der Waals surface area (Å²) in [6.45, 7) is 6.59. The molecule has 1 fully saturated rings. The molecule has 0 radical (unpaired) electrons. The maximum absolute atomic E-state index is 12.1. The number of benzene rings is 1. The lowest BCUT2D eigenvalue weighted by Gasteiger charge is -2.34. The van der Waals surface area contributed by atoms with Crippen molar-refractivity contribution in [2.24, 2.45) is 0 Å². The van der Waals surface area contributed by atoms with Gasteiger partial charge in [0.2, 0.25) is 0 Å². The topological polar surface area (TPSA) is 32.3 Å². The van der Waals surface area contributed by atoms with Gasteiger partial charge in [0.15, 0.2) is 0 Å². The maximum Gasteiger partial charge on any atom is 0.251 e. The van der Waals surface area contributed by atoms with Gasteiger partial charge in [-0.1, -0.05) is 15.9 Å². The highest BCUT2D eigenvalue weighted by molar-refractivity contribution is 9.10. The van der Waals surface area contributed by atoms with Gasteiger partial charge in [0.05, 0.1) is 0 Å². The van der Waals surface area contributed by atoms with Gasteiger partial charge in [-0.3, -0.25) is 4.79 Å². The molecule has 1 amide bonds. The van der Waals surface area contributed by atoms with Crippen LogP contribution in [0.25, 0.3) is 0 Å². The first-order valence-corrected chi connectivity index (χ1v) is 7.66. The standard InChI is InChI=1S/C15H21BrN2O/c1-11(2)18-9-7-14(8-10-18)17-15(19)12-3-5-13(16)6-4-12/h3-6,11,14H,7-10H2,1-2H3,(H,17,19). The van der Waals surface area contributed by atoms with Crippen LogP contribution >= 0.6 is 15.9 Å². The van der Waals surface area contributed by atoms with Crippen molar-refractivity contribution in [3.63, 3.8) is 0 Å². The zero-order chi connectivity index (χ0) is 13.8. The van der Waals surface area contributed by atoms with Gasteiger partial charge >= 0.3 is 0 Å². The number of nitrogens with one attached hydrogen (secondary N) is 1. The van der Waals surface area contributed by atoms with Crippen molar-refractivity contribution in [3.8, 4) is 0 Å². The van der Waals surface area contributed by atoms with Crippen molar-refractivity contribution in [1.82, 2.24) is 10.2 Å². The number of carbonyl (C=O) groups is 1. The molecule has 4 heteroatoms. The maximum atomic E-state index is 12.1. The second-order valence-electron chi connectivity index (χ2n) is 5.38. The normalized spacial score (nSPS) is 17.7. The highest BCUT2D eigenvalue weighted by atomic mass is 79.9. The van der Waals surface area contributed by atoms with E-state index in [1.807, 2.05) is 24.3 Å². The fourth-order valence-electron chi connectivity index (χ4n) is 2.43. The Morgan fingerprint density at radius 3 is 2.37 bits per heavy atom. The molecule has 0 spiro atoms. The Hall–Kier alpha value is -0.870. The van der Waals surface area contributed by atoms with E-state index in [4.69, 9.17) is 0 Å². The van der Waals surface area contributed by atoms with Crippen LogP contribution in [0.15, 0.2) is 28.7 Å². The van der Waals surface area contributed by atoms with E-state index >= 15 is 0 Å². The van der Waals surface area contributed by atoms with Gasteiger partial charge in [-0.2, -0.15) is 0 Å². The first kappa shape index (κ1) is 14.5. The molecule has 0 saturated carbocycles. The molecule has 1 N–H and O–H groups in total. The van der Waals surface area contributed by atoms with Crippen molar-refractivity contribution in [3.05, 3.63) is 34.3 Å². The average molecular weight is 325 g/mol. The molecule has 1 aliphatic rings. The predicted molar refractivity (Wildman–Crippen MR) is 81.3 cm³/mol. The van der Waals surface area contributed by atoms with E-state index in [1.54, 1.807) is 0 Å². The number of likely N-dealkylation sites (tertiary alicyclic amines) is 1. The third kappa shape index (κ3) is 4.05. The first-order chi connectivity index (χ1) is 9.06. The first-order valence-electron chi connectivity index (χ1n) is 6.87. The number of piperidine rings is 1. The number of nitrogens with zero attached hydrogens (tertiary/aromatic N) is 1. The molecular weight excluding hydrogens is 304 g/mol. The molecule has 19 heavy (non-hydrogen) atoms. The molecular formula is C15H21BrN2O. The molecule has 1 aromatic rings. The lowest BCUT2D eigenvalue weighted by atomic mass is 10.0. The quantitative estimate of drug-likeness (QED) is 0.926. The van der Waals surface area contributed by atoms with Crippen LogP contribution in [-0.2, 0) is 0 Å². The van der Waals surface area contributed by atoms with Crippen LogP contribution in [0.5, 0.6) is 0 Å². The highest BCUT2D eigenvalue weighted by Gasteiger charge is 2.22. The third-order valence-electron chi connectivity index (χ3n) is 3.70. The second kappa shape index (κ2) is 6.53. The summed E-state index contributed by atoms with van der Waals surface area (Å²) in [5.74, 6) is 0.0375. The van der Waals surface area contributed by atoms with E-state index in [9.17, 15) is 4.79 Å². The SMILES string of the molecule is CC(C)N1CCC(NC(=O)c2ccc(Br)cc2)CC1. The summed E-state index contributed by atoms with van der Waals surface area (Å²) in [7, 11) is 0. The number of halogens is 1. The average Bonchev–Trinajstić information content (AvgIpc) is 2.40. The van der Waals surface area contributed by atoms with E-state index in [0.717, 1.165) is 36.0 Å². The number of hydrogen-bond acceptors (Lipinski definition) is 2. The Kier molecular flexibility index (Phi) is 4.99. The molecule has 0 bridgehead atoms. The summed E-state index contributed by atoms with van der Waals surface area (Å²) >= 11 is 3.38. The largest absolute Gasteiger partial charge is 0.349 e. The molecule has 3 nitrogen and oxygen atoms in total. The molecule has 0 aromatic heterocycles. The van der Waals surface area contributed by atoms with E-state index in [2.05, 4.69) is 40.0 Å². The van der Waals surface area contributed by atoms with Crippen LogP contribution in [-0.4, -0.2) is 36.0 Å². The van der Waals surface area contributed by atoms with Crippen LogP contribution in [0.3, 0.4) is 0 Å². The molecule has 104 valence electrons. The highest BCUT2D eigenvalue weighted by Crippen LogP contribution is 2.14. The van der Waals surface area contributed by atoms with Crippen molar-refractivity contribution in [1.29, 1.82) is 0 Å². The summed E-state index contributed by atoms with van der Waals surface area (Å²) < 4.78 is 0.995. The summed E-state index contributed by atoms with van der Waals surface area (Å²) in [4.78, 5) is 14.6. The minimum Gasteiger partial charge on any atom is -0.349 e. The lowest BCUT2D eigenvalue weighted by Crippen LogP contribution is -2.46. The van der Waals surface area contributed by atoms with Crippen molar-refractivity contribution in [2.75, 3.05) is 13.1 Å². The van der Waals surface area contributed by atoms with Gasteiger partial charge < -0.3 is 10.2 Å². The summed E-state index contributed by atoms with van der Waals surface area (Å²) in [6, 6.07) is 8.41. The fraction of sp³-hybridized carbons (Fsp3) is 0.533. The van der Waals surface area contributed by atoms with E-state index in [0.29, 0.717) is 12.1 Å². The predicted octanol–water partition coefficient (Wildman–Crippen LogP) is 3.05. The molecule has 1 saturated heterocycles. The van der Waals surface area contributed by atoms with E-state index in [-0.39, 0.29) is 5.91 Å². The van der Waals surface area contributed by atoms with Crippen LogP contribution in [0.2, 0.25) is 0 Å². The van der Waals surface area contributed by atoms with Crippen molar-refractivity contribution in [2.45, 2.75) is 38.8 Å². The Morgan fingerprint density at radius 2 is 1.84 bits per heavy atom. The molecule has 1 aromatic carbocycles. The van der Waals surface area contributed by atoms with Gasteiger partial charge in [-0.25, -0.2) is 0 Å². The third-order valence-corrected chi connectivity index (χ3v) is 4.23. The van der Waals surface area contributed by atoms with Crippen LogP contribution in [0.4, 0.5) is 0 Å². The Bertz CT molecular complexity index is 422. The van der Waals surface area contributed by atoms with Crippen molar-refractivity contribution >= 4 is 21.8 Å². The molecule has 0 unspecified atom stereocenters. The number of hydrogen-bond donors (Lipinski definition) is 1. The molecule has 1 aliphatic heterocycles. The molecule has 0 aliphatic carbocycles. The zero-order valence-electron chi connectivity index (χ0n) is 11.5.